The molecule has 0 spiro atoms. The lowest BCUT2D eigenvalue weighted by molar-refractivity contribution is 0.475. The molecule has 0 atom stereocenters. The summed E-state index contributed by atoms with van der Waals surface area (Å²) in [5.74, 6) is 1.94. The van der Waals surface area contributed by atoms with E-state index in [-0.39, 0.29) is 4.90 Å². The zero-order chi connectivity index (χ0) is 24.3. The number of phenols is 1. The van der Waals surface area contributed by atoms with Gasteiger partial charge in [-0.05, 0) is 58.7 Å². The standard InChI is InChI=1S/C9H13NO2S.C9H12O.C9H12/c1-7(2)8-3-5-9(6-4-8)13(10,11)12;1-7(2)8-3-5-9(10)6-4-8;1-8(2)9-6-4-3-5-7-9/h3-7H,1-2H3,(H2,10,11,12);3-7,10H,1-2H3;3-8H,1-2H3. The predicted molar refractivity (Wildman–Crippen MR) is 135 cm³/mol. The van der Waals surface area contributed by atoms with Gasteiger partial charge < -0.3 is 5.11 Å². The van der Waals surface area contributed by atoms with Crippen molar-refractivity contribution >= 4 is 10.0 Å². The van der Waals surface area contributed by atoms with Crippen LogP contribution in [0.3, 0.4) is 0 Å². The molecule has 0 bridgehead atoms. The van der Waals surface area contributed by atoms with Crippen LogP contribution in [-0.4, -0.2) is 13.5 Å². The number of rotatable bonds is 4. The van der Waals surface area contributed by atoms with E-state index in [1.807, 2.05) is 32.0 Å². The van der Waals surface area contributed by atoms with Crippen molar-refractivity contribution in [2.24, 2.45) is 5.14 Å². The first-order valence-electron chi connectivity index (χ1n) is 10.9. The van der Waals surface area contributed by atoms with Crippen LogP contribution in [0.5, 0.6) is 5.75 Å². The fraction of sp³-hybridized carbons (Fsp3) is 0.333. The summed E-state index contributed by atoms with van der Waals surface area (Å²) in [7, 11) is -3.55. The smallest absolute Gasteiger partial charge is 0.238 e. The molecule has 4 nitrogen and oxygen atoms in total. The summed E-state index contributed by atoms with van der Waals surface area (Å²) in [5.41, 5.74) is 3.78. The number of benzene rings is 3. The summed E-state index contributed by atoms with van der Waals surface area (Å²) >= 11 is 0. The Balaban J connectivity index is 0.000000245. The van der Waals surface area contributed by atoms with Gasteiger partial charge in [-0.1, -0.05) is 96.1 Å². The molecule has 32 heavy (non-hydrogen) atoms. The Labute approximate surface area is 194 Å². The molecule has 174 valence electrons. The molecule has 0 saturated heterocycles. The van der Waals surface area contributed by atoms with Crippen molar-refractivity contribution in [1.29, 1.82) is 0 Å². The van der Waals surface area contributed by atoms with Gasteiger partial charge in [0.1, 0.15) is 5.75 Å². The first-order chi connectivity index (χ1) is 14.9. The van der Waals surface area contributed by atoms with Gasteiger partial charge in [0, 0.05) is 0 Å². The Kier molecular flexibility index (Phi) is 11.2. The van der Waals surface area contributed by atoms with Crippen LogP contribution in [0, 0.1) is 0 Å². The summed E-state index contributed by atoms with van der Waals surface area (Å²) < 4.78 is 21.8. The molecule has 0 heterocycles. The second-order valence-electron chi connectivity index (χ2n) is 8.58. The maximum Gasteiger partial charge on any atom is 0.238 e. The van der Waals surface area contributed by atoms with Crippen LogP contribution in [0.2, 0.25) is 0 Å². The number of hydrogen-bond donors (Lipinski definition) is 2. The number of phenolic OH excluding ortho intramolecular Hbond substituents is 1. The molecule has 0 aliphatic carbocycles. The second kappa shape index (κ2) is 13.0. The topological polar surface area (TPSA) is 80.4 Å². The van der Waals surface area contributed by atoms with Crippen molar-refractivity contribution in [2.45, 2.75) is 64.2 Å². The monoisotopic (exact) mass is 455 g/mol. The lowest BCUT2D eigenvalue weighted by Gasteiger charge is -2.05. The van der Waals surface area contributed by atoms with Crippen molar-refractivity contribution in [3.05, 3.63) is 95.6 Å². The maximum absolute atomic E-state index is 10.9. The molecule has 0 saturated carbocycles. The third kappa shape index (κ3) is 10.1. The van der Waals surface area contributed by atoms with Crippen LogP contribution in [-0.2, 0) is 10.0 Å². The quantitative estimate of drug-likeness (QED) is 0.455. The van der Waals surface area contributed by atoms with E-state index in [9.17, 15) is 8.42 Å². The molecule has 3 rings (SSSR count). The molecule has 0 aliphatic rings. The van der Waals surface area contributed by atoms with Crippen LogP contribution in [0.4, 0.5) is 0 Å². The fourth-order valence-corrected chi connectivity index (χ4v) is 3.26. The van der Waals surface area contributed by atoms with Gasteiger partial charge in [-0.15, -0.1) is 0 Å². The summed E-state index contributed by atoms with van der Waals surface area (Å²) in [6.45, 7) is 12.8. The first kappa shape index (κ1) is 27.4. The van der Waals surface area contributed by atoms with Gasteiger partial charge in [-0.25, -0.2) is 13.6 Å². The van der Waals surface area contributed by atoms with Crippen molar-refractivity contribution in [1.82, 2.24) is 0 Å². The Hall–Kier alpha value is -2.63. The molecule has 3 aromatic carbocycles. The van der Waals surface area contributed by atoms with E-state index in [0.717, 1.165) is 5.56 Å². The van der Waals surface area contributed by atoms with Gasteiger partial charge in [0.25, 0.3) is 0 Å². The van der Waals surface area contributed by atoms with Crippen LogP contribution in [0.15, 0.2) is 83.8 Å². The predicted octanol–water partition coefficient (Wildman–Crippen LogP) is 6.78. The number of primary sulfonamides is 1. The molecule has 0 aliphatic heterocycles. The zero-order valence-electron chi connectivity index (χ0n) is 20.0. The number of sulfonamides is 1. The molecular formula is C27H37NO3S. The van der Waals surface area contributed by atoms with E-state index < -0.39 is 10.0 Å². The summed E-state index contributed by atoms with van der Waals surface area (Å²) in [5, 5.41) is 13.9. The van der Waals surface area contributed by atoms with Crippen molar-refractivity contribution in [3.63, 3.8) is 0 Å². The minimum Gasteiger partial charge on any atom is -0.508 e. The van der Waals surface area contributed by atoms with Gasteiger partial charge in [-0.2, -0.15) is 0 Å². The highest BCUT2D eigenvalue weighted by molar-refractivity contribution is 7.89. The minimum atomic E-state index is -3.55. The molecule has 0 fully saturated rings. The highest BCUT2D eigenvalue weighted by atomic mass is 32.2. The minimum absolute atomic E-state index is 0.164. The summed E-state index contributed by atoms with van der Waals surface area (Å²) in [4.78, 5) is 0.164. The van der Waals surface area contributed by atoms with Crippen LogP contribution >= 0.6 is 0 Å². The van der Waals surface area contributed by atoms with Gasteiger partial charge >= 0.3 is 0 Å². The van der Waals surface area contributed by atoms with Crippen molar-refractivity contribution in [2.75, 3.05) is 0 Å². The first-order valence-corrected chi connectivity index (χ1v) is 12.4. The normalized spacial score (nSPS) is 10.9. The molecule has 0 aromatic heterocycles. The molecule has 0 amide bonds. The SMILES string of the molecule is CC(C)c1ccc(O)cc1.CC(C)c1ccc(S(N)(=O)=O)cc1.CC(C)c1ccccc1. The highest BCUT2D eigenvalue weighted by Crippen LogP contribution is 2.17. The summed E-state index contributed by atoms with van der Waals surface area (Å²) in [6, 6.07) is 24.5. The van der Waals surface area contributed by atoms with Gasteiger partial charge in [0.05, 0.1) is 4.90 Å². The Morgan fingerprint density at radius 1 is 0.594 bits per heavy atom. The average molecular weight is 456 g/mol. The lowest BCUT2D eigenvalue weighted by atomic mass is 10.0. The van der Waals surface area contributed by atoms with Gasteiger partial charge in [0.15, 0.2) is 0 Å². The van der Waals surface area contributed by atoms with Crippen molar-refractivity contribution in [3.8, 4) is 5.75 Å². The van der Waals surface area contributed by atoms with E-state index in [0.29, 0.717) is 23.5 Å². The number of hydrogen-bond acceptors (Lipinski definition) is 3. The van der Waals surface area contributed by atoms with E-state index in [1.165, 1.54) is 23.3 Å². The van der Waals surface area contributed by atoms with Crippen LogP contribution in [0.1, 0.15) is 76.0 Å². The Morgan fingerprint density at radius 3 is 1.25 bits per heavy atom. The Morgan fingerprint density at radius 2 is 0.938 bits per heavy atom. The third-order valence-electron chi connectivity index (χ3n) is 4.90. The fourth-order valence-electron chi connectivity index (χ4n) is 2.74. The second-order valence-corrected chi connectivity index (χ2v) is 10.1. The van der Waals surface area contributed by atoms with E-state index >= 15 is 0 Å². The maximum atomic E-state index is 10.9. The molecular weight excluding hydrogens is 418 g/mol. The molecule has 5 heteroatoms. The number of aromatic hydroxyl groups is 1. The van der Waals surface area contributed by atoms with Crippen LogP contribution in [0.25, 0.3) is 0 Å². The third-order valence-corrected chi connectivity index (χ3v) is 5.83. The molecule has 0 unspecified atom stereocenters. The van der Waals surface area contributed by atoms with E-state index in [2.05, 4.69) is 52.0 Å². The highest BCUT2D eigenvalue weighted by Gasteiger charge is 2.07. The summed E-state index contributed by atoms with van der Waals surface area (Å²) in [6.07, 6.45) is 0. The average Bonchev–Trinajstić information content (AvgIpc) is 2.75. The van der Waals surface area contributed by atoms with Gasteiger partial charge in [0.2, 0.25) is 10.0 Å². The largest absolute Gasteiger partial charge is 0.508 e. The number of nitrogens with two attached hydrogens (primary N) is 1. The van der Waals surface area contributed by atoms with Crippen molar-refractivity contribution < 1.29 is 13.5 Å². The van der Waals surface area contributed by atoms with Gasteiger partial charge in [-0.3, -0.25) is 0 Å². The van der Waals surface area contributed by atoms with Crippen LogP contribution < -0.4 is 5.14 Å². The van der Waals surface area contributed by atoms with E-state index in [4.69, 9.17) is 10.2 Å². The molecule has 0 radical (unpaired) electrons. The van der Waals surface area contributed by atoms with E-state index in [1.54, 1.807) is 24.3 Å². The Bertz CT molecular complexity index is 1010. The molecule has 3 aromatic rings. The lowest BCUT2D eigenvalue weighted by Crippen LogP contribution is -2.11. The molecule has 3 N–H and O–H groups in total. The zero-order valence-corrected chi connectivity index (χ0v) is 20.8.